The maximum absolute atomic E-state index is 12.3. The molecule has 0 bridgehead atoms. The number of carbonyl (C=O) groups excluding carboxylic acids is 2. The summed E-state index contributed by atoms with van der Waals surface area (Å²) in [5.41, 5.74) is 0.882. The van der Waals surface area contributed by atoms with Gasteiger partial charge in [-0.1, -0.05) is 49.8 Å². The fraction of sp³-hybridized carbons (Fsp3) is 0.412. The second kappa shape index (κ2) is 6.04. The van der Waals surface area contributed by atoms with Gasteiger partial charge in [-0.2, -0.15) is 0 Å². The van der Waals surface area contributed by atoms with Crippen molar-refractivity contribution in [2.24, 2.45) is 5.41 Å². The number of ketones is 1. The van der Waals surface area contributed by atoms with Crippen molar-refractivity contribution in [1.29, 1.82) is 0 Å². The molecule has 0 radical (unpaired) electrons. The highest BCUT2D eigenvalue weighted by atomic mass is 16.5. The quantitative estimate of drug-likeness (QED) is 0.589. The summed E-state index contributed by atoms with van der Waals surface area (Å²) in [5.74, 6) is -0.422. The molecule has 106 valence electrons. The number of hydrogen-bond donors (Lipinski definition) is 0. The highest BCUT2D eigenvalue weighted by Crippen LogP contribution is 2.55. The van der Waals surface area contributed by atoms with Gasteiger partial charge in [0, 0.05) is 6.42 Å². The standard InChI is InChI=1S/C17H20O3/c1-3-4-10-15(18)17(16(19)20-2)12-14(17)11-13-8-6-5-7-9-13/h5-9,11H,3-4,10,12H2,1-2H3/b14-11+. The predicted molar refractivity (Wildman–Crippen MR) is 78.0 cm³/mol. The number of carbonyl (C=O) groups is 2. The summed E-state index contributed by atoms with van der Waals surface area (Å²) in [5, 5.41) is 0. The van der Waals surface area contributed by atoms with Gasteiger partial charge in [0.1, 0.15) is 0 Å². The van der Waals surface area contributed by atoms with Gasteiger partial charge >= 0.3 is 5.97 Å². The van der Waals surface area contributed by atoms with Crippen LogP contribution in [0.1, 0.15) is 38.2 Å². The van der Waals surface area contributed by atoms with Gasteiger partial charge in [-0.25, -0.2) is 0 Å². The Morgan fingerprint density at radius 2 is 2.00 bits per heavy atom. The smallest absolute Gasteiger partial charge is 0.323 e. The van der Waals surface area contributed by atoms with E-state index in [1.807, 2.05) is 43.3 Å². The molecule has 1 unspecified atom stereocenters. The molecule has 1 fully saturated rings. The summed E-state index contributed by atoms with van der Waals surface area (Å²) in [6.07, 6.45) is 4.63. The number of Topliss-reactive ketones (excluding diaryl/α,β-unsaturated/α-hetero) is 1. The summed E-state index contributed by atoms with van der Waals surface area (Å²) in [6, 6.07) is 9.74. The Balaban J connectivity index is 2.23. The third-order valence-corrected chi connectivity index (χ3v) is 3.79. The number of esters is 1. The first-order valence-electron chi connectivity index (χ1n) is 7.03. The summed E-state index contributed by atoms with van der Waals surface area (Å²) in [6.45, 7) is 2.03. The zero-order valence-corrected chi connectivity index (χ0v) is 12.0. The highest BCUT2D eigenvalue weighted by molar-refractivity contribution is 6.13. The lowest BCUT2D eigenvalue weighted by atomic mass is 9.95. The van der Waals surface area contributed by atoms with Gasteiger partial charge in [0.25, 0.3) is 0 Å². The van der Waals surface area contributed by atoms with Gasteiger partial charge in [0.05, 0.1) is 7.11 Å². The lowest BCUT2D eigenvalue weighted by Gasteiger charge is -2.10. The molecular formula is C17H20O3. The highest BCUT2D eigenvalue weighted by Gasteiger charge is 2.61. The Morgan fingerprint density at radius 1 is 1.30 bits per heavy atom. The van der Waals surface area contributed by atoms with E-state index in [9.17, 15) is 9.59 Å². The van der Waals surface area contributed by atoms with Crippen LogP contribution in [0.5, 0.6) is 0 Å². The lowest BCUT2D eigenvalue weighted by Crippen LogP contribution is -2.27. The molecule has 1 aliphatic rings. The molecule has 2 rings (SSSR count). The Hall–Kier alpha value is -1.90. The molecule has 0 aromatic heterocycles. The normalized spacial score (nSPS) is 22.6. The third-order valence-electron chi connectivity index (χ3n) is 3.79. The van der Waals surface area contributed by atoms with Gasteiger partial charge < -0.3 is 4.74 Å². The molecule has 1 saturated carbocycles. The number of ether oxygens (including phenoxy) is 1. The molecule has 0 saturated heterocycles. The molecule has 1 aromatic rings. The van der Waals surface area contributed by atoms with Crippen LogP contribution in [0.3, 0.4) is 0 Å². The molecule has 3 nitrogen and oxygen atoms in total. The van der Waals surface area contributed by atoms with Crippen molar-refractivity contribution in [3.05, 3.63) is 41.5 Å². The fourth-order valence-electron chi connectivity index (χ4n) is 2.49. The van der Waals surface area contributed by atoms with E-state index in [1.165, 1.54) is 7.11 Å². The maximum atomic E-state index is 12.3. The third kappa shape index (κ3) is 2.67. The zero-order valence-electron chi connectivity index (χ0n) is 12.0. The van der Waals surface area contributed by atoms with E-state index >= 15 is 0 Å². The number of unbranched alkanes of at least 4 members (excludes halogenated alkanes) is 1. The number of rotatable bonds is 6. The van der Waals surface area contributed by atoms with Crippen molar-refractivity contribution in [3.63, 3.8) is 0 Å². The first-order valence-corrected chi connectivity index (χ1v) is 7.03. The molecule has 0 aliphatic heterocycles. The fourth-order valence-corrected chi connectivity index (χ4v) is 2.49. The molecule has 0 amide bonds. The molecule has 1 aromatic carbocycles. The van der Waals surface area contributed by atoms with Crippen molar-refractivity contribution in [3.8, 4) is 0 Å². The lowest BCUT2D eigenvalue weighted by molar-refractivity contribution is -0.150. The largest absolute Gasteiger partial charge is 0.468 e. The molecule has 0 N–H and O–H groups in total. The summed E-state index contributed by atoms with van der Waals surface area (Å²) in [7, 11) is 1.34. The van der Waals surface area contributed by atoms with Crippen LogP contribution in [0.2, 0.25) is 0 Å². The van der Waals surface area contributed by atoms with Crippen LogP contribution >= 0.6 is 0 Å². The Morgan fingerprint density at radius 3 is 2.60 bits per heavy atom. The number of methoxy groups -OCH3 is 1. The van der Waals surface area contributed by atoms with Gasteiger partial charge in [-0.05, 0) is 24.0 Å². The summed E-state index contributed by atoms with van der Waals surface area (Å²) < 4.78 is 4.85. The second-order valence-corrected chi connectivity index (χ2v) is 5.18. The van der Waals surface area contributed by atoms with Crippen molar-refractivity contribution in [2.75, 3.05) is 7.11 Å². The average Bonchev–Trinajstić information content (AvgIpc) is 3.20. The van der Waals surface area contributed by atoms with Gasteiger partial charge in [-0.15, -0.1) is 0 Å². The van der Waals surface area contributed by atoms with Crippen LogP contribution in [-0.2, 0) is 14.3 Å². The molecular weight excluding hydrogens is 252 g/mol. The van der Waals surface area contributed by atoms with Crippen molar-refractivity contribution in [2.45, 2.75) is 32.6 Å². The zero-order chi connectivity index (χ0) is 14.6. The van der Waals surface area contributed by atoms with E-state index in [-0.39, 0.29) is 5.78 Å². The van der Waals surface area contributed by atoms with E-state index in [1.54, 1.807) is 0 Å². The maximum Gasteiger partial charge on any atom is 0.323 e. The molecule has 0 heterocycles. The minimum atomic E-state index is -1.00. The number of hydrogen-bond acceptors (Lipinski definition) is 3. The summed E-state index contributed by atoms with van der Waals surface area (Å²) in [4.78, 5) is 24.4. The van der Waals surface area contributed by atoms with Crippen LogP contribution in [-0.4, -0.2) is 18.9 Å². The number of benzene rings is 1. The Bertz CT molecular complexity index is 530. The predicted octanol–water partition coefficient (Wildman–Crippen LogP) is 3.39. The van der Waals surface area contributed by atoms with Crippen LogP contribution in [0.4, 0.5) is 0 Å². The van der Waals surface area contributed by atoms with Crippen LogP contribution in [0.25, 0.3) is 6.08 Å². The van der Waals surface area contributed by atoms with Crippen molar-refractivity contribution >= 4 is 17.8 Å². The summed E-state index contributed by atoms with van der Waals surface area (Å²) >= 11 is 0. The van der Waals surface area contributed by atoms with E-state index in [0.717, 1.165) is 24.0 Å². The van der Waals surface area contributed by atoms with Crippen LogP contribution in [0.15, 0.2) is 35.9 Å². The van der Waals surface area contributed by atoms with E-state index in [4.69, 9.17) is 4.74 Å². The first-order chi connectivity index (χ1) is 9.65. The second-order valence-electron chi connectivity index (χ2n) is 5.18. The first kappa shape index (κ1) is 14.5. The Kier molecular flexibility index (Phi) is 4.38. The Labute approximate surface area is 119 Å². The molecule has 3 heteroatoms. The van der Waals surface area contributed by atoms with E-state index in [0.29, 0.717) is 12.8 Å². The van der Waals surface area contributed by atoms with E-state index in [2.05, 4.69) is 0 Å². The monoisotopic (exact) mass is 272 g/mol. The van der Waals surface area contributed by atoms with Gasteiger partial charge in [-0.3, -0.25) is 9.59 Å². The molecule has 1 atom stereocenters. The molecule has 1 aliphatic carbocycles. The van der Waals surface area contributed by atoms with Crippen LogP contribution < -0.4 is 0 Å². The van der Waals surface area contributed by atoms with Crippen molar-refractivity contribution < 1.29 is 14.3 Å². The average molecular weight is 272 g/mol. The molecule has 20 heavy (non-hydrogen) atoms. The van der Waals surface area contributed by atoms with Crippen molar-refractivity contribution in [1.82, 2.24) is 0 Å². The van der Waals surface area contributed by atoms with Gasteiger partial charge in [0.15, 0.2) is 11.2 Å². The molecule has 0 spiro atoms. The van der Waals surface area contributed by atoms with E-state index < -0.39 is 11.4 Å². The van der Waals surface area contributed by atoms with Crippen LogP contribution in [0, 0.1) is 5.41 Å². The SMILES string of the molecule is CCCCC(=O)C1(C(=O)OC)C/C1=C\c1ccccc1. The minimum Gasteiger partial charge on any atom is -0.468 e. The van der Waals surface area contributed by atoms with Gasteiger partial charge in [0.2, 0.25) is 0 Å². The topological polar surface area (TPSA) is 43.4 Å². The minimum absolute atomic E-state index is 0.00613.